The second kappa shape index (κ2) is 8.68. The molecule has 2 aromatic rings. The molecule has 3 rings (SSSR count). The molecular weight excluding hydrogens is 366 g/mol. The molecule has 1 aliphatic carbocycles. The van der Waals surface area contributed by atoms with E-state index in [9.17, 15) is 14.7 Å². The number of ether oxygens (including phenoxy) is 1. The van der Waals surface area contributed by atoms with Gasteiger partial charge in [-0.25, -0.2) is 0 Å². The minimum atomic E-state index is -0.788. The molecule has 2 atom stereocenters. The summed E-state index contributed by atoms with van der Waals surface area (Å²) in [4.78, 5) is 24.1. The zero-order valence-electron chi connectivity index (χ0n) is 17.3. The Hall–Kier alpha value is -2.82. The highest BCUT2D eigenvalue weighted by Gasteiger charge is 2.45. The second-order valence-corrected chi connectivity index (χ2v) is 8.47. The number of amides is 1. The first-order valence-electron chi connectivity index (χ1n) is 10.1. The van der Waals surface area contributed by atoms with Crippen molar-refractivity contribution in [2.75, 3.05) is 11.9 Å². The van der Waals surface area contributed by atoms with Gasteiger partial charge >= 0.3 is 5.97 Å². The molecule has 29 heavy (non-hydrogen) atoms. The molecule has 0 aromatic heterocycles. The van der Waals surface area contributed by atoms with Gasteiger partial charge in [0.15, 0.2) is 0 Å². The first-order valence-corrected chi connectivity index (χ1v) is 10.1. The predicted molar refractivity (Wildman–Crippen MR) is 113 cm³/mol. The maximum Gasteiger partial charge on any atom is 0.313 e. The van der Waals surface area contributed by atoms with Crippen molar-refractivity contribution < 1.29 is 19.4 Å². The van der Waals surface area contributed by atoms with Crippen LogP contribution in [0.15, 0.2) is 42.5 Å². The molecule has 2 unspecified atom stereocenters. The molecule has 5 heteroatoms. The smallest absolute Gasteiger partial charge is 0.313 e. The predicted octanol–water partition coefficient (Wildman–Crippen LogP) is 4.75. The summed E-state index contributed by atoms with van der Waals surface area (Å²) >= 11 is 0. The summed E-state index contributed by atoms with van der Waals surface area (Å²) in [7, 11) is 0. The molecule has 5 nitrogen and oxygen atoms in total. The van der Waals surface area contributed by atoms with Gasteiger partial charge in [-0.15, -0.1) is 0 Å². The normalized spacial score (nSPS) is 21.0. The number of carboxylic acid groups (broad SMARTS) is 1. The highest BCUT2D eigenvalue weighted by molar-refractivity contribution is 5.92. The number of benzene rings is 2. The minimum absolute atomic E-state index is 0.0755. The van der Waals surface area contributed by atoms with E-state index in [4.69, 9.17) is 4.74 Å². The molecule has 2 aromatic carbocycles. The molecule has 2 N–H and O–H groups in total. The van der Waals surface area contributed by atoms with Crippen molar-refractivity contribution >= 4 is 17.6 Å². The van der Waals surface area contributed by atoms with E-state index in [1.165, 1.54) is 0 Å². The minimum Gasteiger partial charge on any atom is -0.492 e. The van der Waals surface area contributed by atoms with Gasteiger partial charge in [-0.05, 0) is 80.0 Å². The van der Waals surface area contributed by atoms with Gasteiger partial charge in [-0.1, -0.05) is 25.1 Å². The van der Waals surface area contributed by atoms with Crippen LogP contribution in [0.4, 0.5) is 5.69 Å². The molecule has 1 aliphatic rings. The number of hydrogen-bond donors (Lipinski definition) is 2. The lowest BCUT2D eigenvalue weighted by Gasteiger charge is -2.24. The molecule has 0 radical (unpaired) electrons. The number of anilines is 1. The highest BCUT2D eigenvalue weighted by atomic mass is 16.5. The van der Waals surface area contributed by atoms with E-state index >= 15 is 0 Å². The van der Waals surface area contributed by atoms with Crippen LogP contribution in [-0.2, 0) is 16.0 Å². The van der Waals surface area contributed by atoms with Crippen molar-refractivity contribution in [1.82, 2.24) is 0 Å². The molecule has 1 amide bonds. The Bertz CT molecular complexity index is 870. The fraction of sp³-hybridized carbons (Fsp3) is 0.417. The van der Waals surface area contributed by atoms with E-state index in [-0.39, 0.29) is 18.9 Å². The topological polar surface area (TPSA) is 75.6 Å². The number of aryl methyl sites for hydroxylation is 2. The highest BCUT2D eigenvalue weighted by Crippen LogP contribution is 2.42. The van der Waals surface area contributed by atoms with Crippen molar-refractivity contribution in [2.24, 2.45) is 11.3 Å². The van der Waals surface area contributed by atoms with E-state index in [1.54, 1.807) is 12.1 Å². The van der Waals surface area contributed by atoms with Crippen molar-refractivity contribution in [3.63, 3.8) is 0 Å². The Morgan fingerprint density at radius 2 is 1.79 bits per heavy atom. The molecule has 154 valence electrons. The molecule has 0 spiro atoms. The van der Waals surface area contributed by atoms with Crippen LogP contribution in [0.25, 0.3) is 0 Å². The Balaban J connectivity index is 1.56. The number of carbonyl (C=O) groups excluding carboxylic acids is 1. The Kier molecular flexibility index (Phi) is 6.26. The van der Waals surface area contributed by atoms with Gasteiger partial charge in [0, 0.05) is 5.69 Å². The number of hydrogen-bond acceptors (Lipinski definition) is 3. The third kappa shape index (κ3) is 5.37. The fourth-order valence-electron chi connectivity index (χ4n) is 4.14. The maximum absolute atomic E-state index is 12.3. The van der Waals surface area contributed by atoms with Crippen molar-refractivity contribution in [1.29, 1.82) is 0 Å². The van der Waals surface area contributed by atoms with Crippen molar-refractivity contribution in [3.05, 3.63) is 59.2 Å². The molecule has 0 heterocycles. The number of nitrogens with one attached hydrogen (secondary N) is 1. The standard InChI is InChI=1S/C24H29NO4/c1-16-8-9-24(14-16,23(27)28)15-29-21-6-4-19(5-7-21)13-22(26)25-20-11-17(2)10-18(3)12-20/h4-7,10-12,16H,8-9,13-15H2,1-3H3,(H,25,26)(H,27,28). The third-order valence-corrected chi connectivity index (χ3v) is 5.62. The lowest BCUT2D eigenvalue weighted by atomic mass is 9.86. The lowest BCUT2D eigenvalue weighted by molar-refractivity contribution is -0.150. The van der Waals surface area contributed by atoms with E-state index in [0.29, 0.717) is 24.5 Å². The number of rotatable bonds is 7. The molecule has 0 saturated heterocycles. The Morgan fingerprint density at radius 3 is 2.34 bits per heavy atom. The van der Waals surface area contributed by atoms with Gasteiger partial charge in [0.2, 0.25) is 5.91 Å². The molecule has 1 fully saturated rings. The van der Waals surface area contributed by atoms with Crippen molar-refractivity contribution in [3.8, 4) is 5.75 Å². The molecule has 1 saturated carbocycles. The van der Waals surface area contributed by atoms with Crippen LogP contribution in [-0.4, -0.2) is 23.6 Å². The van der Waals surface area contributed by atoms with E-state index in [1.807, 2.05) is 38.1 Å². The maximum atomic E-state index is 12.3. The van der Waals surface area contributed by atoms with Crippen LogP contribution in [0.2, 0.25) is 0 Å². The van der Waals surface area contributed by atoms with E-state index in [0.717, 1.165) is 28.8 Å². The van der Waals surface area contributed by atoms with Gasteiger partial charge in [-0.3, -0.25) is 9.59 Å². The van der Waals surface area contributed by atoms with Crippen LogP contribution in [0.1, 0.15) is 42.9 Å². The van der Waals surface area contributed by atoms with Gasteiger partial charge in [-0.2, -0.15) is 0 Å². The lowest BCUT2D eigenvalue weighted by Crippen LogP contribution is -2.34. The monoisotopic (exact) mass is 395 g/mol. The summed E-state index contributed by atoms with van der Waals surface area (Å²) < 4.78 is 5.80. The first kappa shape index (κ1) is 20.9. The quantitative estimate of drug-likeness (QED) is 0.709. The molecule has 0 aliphatic heterocycles. The van der Waals surface area contributed by atoms with Crippen LogP contribution in [0.5, 0.6) is 5.75 Å². The van der Waals surface area contributed by atoms with Gasteiger partial charge in [0.1, 0.15) is 17.8 Å². The van der Waals surface area contributed by atoms with Crippen LogP contribution < -0.4 is 10.1 Å². The van der Waals surface area contributed by atoms with Gasteiger partial charge in [0.25, 0.3) is 0 Å². The summed E-state index contributed by atoms with van der Waals surface area (Å²) in [5, 5.41) is 12.6. The summed E-state index contributed by atoms with van der Waals surface area (Å²) in [6.07, 6.45) is 2.49. The van der Waals surface area contributed by atoms with Crippen LogP contribution in [0, 0.1) is 25.2 Å². The largest absolute Gasteiger partial charge is 0.492 e. The third-order valence-electron chi connectivity index (χ3n) is 5.62. The van der Waals surface area contributed by atoms with Crippen LogP contribution in [0.3, 0.4) is 0 Å². The van der Waals surface area contributed by atoms with E-state index < -0.39 is 11.4 Å². The first-order chi connectivity index (χ1) is 13.8. The van der Waals surface area contributed by atoms with Gasteiger partial charge < -0.3 is 15.2 Å². The zero-order chi connectivity index (χ0) is 21.0. The average molecular weight is 395 g/mol. The van der Waals surface area contributed by atoms with Crippen LogP contribution >= 0.6 is 0 Å². The second-order valence-electron chi connectivity index (χ2n) is 8.47. The SMILES string of the molecule is Cc1cc(C)cc(NC(=O)Cc2ccc(OCC3(C(=O)O)CCC(C)C3)cc2)c1. The van der Waals surface area contributed by atoms with Crippen molar-refractivity contribution in [2.45, 2.75) is 46.5 Å². The number of carboxylic acids is 1. The summed E-state index contributed by atoms with van der Waals surface area (Å²) in [5.74, 6) is 0.186. The van der Waals surface area contributed by atoms with E-state index in [2.05, 4.69) is 18.3 Å². The Morgan fingerprint density at radius 1 is 1.14 bits per heavy atom. The summed E-state index contributed by atoms with van der Waals surface area (Å²) in [6, 6.07) is 13.3. The number of carbonyl (C=O) groups is 2. The molecule has 0 bridgehead atoms. The number of aliphatic carboxylic acids is 1. The summed E-state index contributed by atoms with van der Waals surface area (Å²) in [5.41, 5.74) is 3.11. The Labute approximate surface area is 172 Å². The van der Waals surface area contributed by atoms with Gasteiger partial charge in [0.05, 0.1) is 6.42 Å². The zero-order valence-corrected chi connectivity index (χ0v) is 17.3. The fourth-order valence-corrected chi connectivity index (χ4v) is 4.14. The summed E-state index contributed by atoms with van der Waals surface area (Å²) in [6.45, 7) is 6.27. The molecular formula is C24H29NO4. The average Bonchev–Trinajstić information content (AvgIpc) is 3.02.